The summed E-state index contributed by atoms with van der Waals surface area (Å²) in [6, 6.07) is 6.84. The largest absolute Gasteiger partial charge is 0.445 e. The van der Waals surface area contributed by atoms with Crippen molar-refractivity contribution in [3.63, 3.8) is 0 Å². The van der Waals surface area contributed by atoms with Crippen LogP contribution in [0.15, 0.2) is 24.3 Å². The van der Waals surface area contributed by atoms with Gasteiger partial charge in [-0.15, -0.1) is 10.2 Å². The van der Waals surface area contributed by atoms with Gasteiger partial charge >= 0.3 is 6.18 Å². The van der Waals surface area contributed by atoms with Crippen molar-refractivity contribution in [2.45, 2.75) is 19.1 Å². The van der Waals surface area contributed by atoms with Crippen LogP contribution in [0.5, 0.6) is 0 Å². The van der Waals surface area contributed by atoms with Gasteiger partial charge in [-0.05, 0) is 24.6 Å². The van der Waals surface area contributed by atoms with Gasteiger partial charge in [0.25, 0.3) is 0 Å². The third kappa shape index (κ3) is 3.57. The summed E-state index contributed by atoms with van der Waals surface area (Å²) in [4.78, 5) is 0. The van der Waals surface area contributed by atoms with E-state index in [9.17, 15) is 13.2 Å². The smallest absolute Gasteiger partial charge is 0.354 e. The zero-order valence-corrected chi connectivity index (χ0v) is 11.3. The molecule has 0 amide bonds. The van der Waals surface area contributed by atoms with E-state index in [1.807, 2.05) is 6.92 Å². The fraction of sp³-hybridized carbons (Fsp3) is 0.273. The zero-order valence-electron chi connectivity index (χ0n) is 9.70. The second-order valence-electron chi connectivity index (χ2n) is 3.83. The van der Waals surface area contributed by atoms with Crippen LogP contribution >= 0.6 is 22.9 Å². The summed E-state index contributed by atoms with van der Waals surface area (Å²) in [5, 5.41) is 9.23. The molecule has 2 aromatic rings. The molecule has 0 fully saturated rings. The van der Waals surface area contributed by atoms with E-state index in [4.69, 9.17) is 11.6 Å². The summed E-state index contributed by atoms with van der Waals surface area (Å²) < 4.78 is 37.1. The highest BCUT2D eigenvalue weighted by atomic mass is 35.5. The molecule has 0 aliphatic heterocycles. The van der Waals surface area contributed by atoms with Gasteiger partial charge in [-0.1, -0.05) is 35.1 Å². The van der Waals surface area contributed by atoms with Gasteiger partial charge in [0.05, 0.1) is 6.04 Å². The van der Waals surface area contributed by atoms with E-state index in [1.165, 1.54) is 0 Å². The van der Waals surface area contributed by atoms with Gasteiger partial charge in [0.1, 0.15) is 0 Å². The fourth-order valence-corrected chi connectivity index (χ4v) is 2.24. The van der Waals surface area contributed by atoms with Crippen LogP contribution in [0.4, 0.5) is 18.3 Å². The van der Waals surface area contributed by atoms with Crippen LogP contribution in [0.1, 0.15) is 23.5 Å². The van der Waals surface area contributed by atoms with E-state index in [2.05, 4.69) is 15.5 Å². The molecule has 102 valence electrons. The average molecular weight is 308 g/mol. The Bertz CT molecular complexity index is 553. The molecule has 1 unspecified atom stereocenters. The molecule has 0 aliphatic carbocycles. The SMILES string of the molecule is CC(Nc1nnc(C(F)(F)F)s1)c1ccc(Cl)cc1. The molecule has 1 N–H and O–H groups in total. The summed E-state index contributed by atoms with van der Waals surface area (Å²) in [5.74, 6) is 0. The normalized spacial score (nSPS) is 13.3. The van der Waals surface area contributed by atoms with Crippen LogP contribution in [0.25, 0.3) is 0 Å². The predicted molar refractivity (Wildman–Crippen MR) is 68.4 cm³/mol. The maximum Gasteiger partial charge on any atom is 0.445 e. The quantitative estimate of drug-likeness (QED) is 0.914. The van der Waals surface area contributed by atoms with E-state index < -0.39 is 11.2 Å². The van der Waals surface area contributed by atoms with E-state index in [0.29, 0.717) is 16.4 Å². The molecule has 0 saturated carbocycles. The molecule has 19 heavy (non-hydrogen) atoms. The Balaban J connectivity index is 2.08. The van der Waals surface area contributed by atoms with Gasteiger partial charge in [-0.2, -0.15) is 13.2 Å². The van der Waals surface area contributed by atoms with Crippen molar-refractivity contribution in [1.82, 2.24) is 10.2 Å². The minimum absolute atomic E-state index is 0.134. The number of nitrogens with one attached hydrogen (secondary N) is 1. The monoisotopic (exact) mass is 307 g/mol. The number of aromatic nitrogens is 2. The number of rotatable bonds is 3. The highest BCUT2D eigenvalue weighted by Crippen LogP contribution is 2.34. The summed E-state index contributed by atoms with van der Waals surface area (Å²) in [6.45, 7) is 1.82. The van der Waals surface area contributed by atoms with E-state index in [-0.39, 0.29) is 11.2 Å². The lowest BCUT2D eigenvalue weighted by Gasteiger charge is -2.12. The van der Waals surface area contributed by atoms with E-state index >= 15 is 0 Å². The Labute approximate surface area is 116 Å². The minimum Gasteiger partial charge on any atom is -0.354 e. The molecule has 1 heterocycles. The minimum atomic E-state index is -4.46. The van der Waals surface area contributed by atoms with Crippen LogP contribution in [0.2, 0.25) is 5.02 Å². The lowest BCUT2D eigenvalue weighted by Crippen LogP contribution is -2.06. The fourth-order valence-electron chi connectivity index (χ4n) is 1.42. The number of alkyl halides is 3. The van der Waals surface area contributed by atoms with Crippen molar-refractivity contribution in [3.05, 3.63) is 39.9 Å². The second-order valence-corrected chi connectivity index (χ2v) is 5.24. The molecule has 0 bridgehead atoms. The second kappa shape index (κ2) is 5.34. The summed E-state index contributed by atoms with van der Waals surface area (Å²) in [7, 11) is 0. The van der Waals surface area contributed by atoms with Crippen LogP contribution in [-0.4, -0.2) is 10.2 Å². The number of benzene rings is 1. The lowest BCUT2D eigenvalue weighted by atomic mass is 10.1. The molecular weight excluding hydrogens is 299 g/mol. The van der Waals surface area contributed by atoms with Crippen molar-refractivity contribution in [2.75, 3.05) is 5.32 Å². The number of nitrogens with zero attached hydrogens (tertiary/aromatic N) is 2. The first kappa shape index (κ1) is 14.1. The number of anilines is 1. The Morgan fingerprint density at radius 2 is 1.84 bits per heavy atom. The van der Waals surface area contributed by atoms with Crippen molar-refractivity contribution in [3.8, 4) is 0 Å². The van der Waals surface area contributed by atoms with Crippen molar-refractivity contribution in [2.24, 2.45) is 0 Å². The van der Waals surface area contributed by atoms with Gasteiger partial charge in [0, 0.05) is 5.02 Å². The van der Waals surface area contributed by atoms with Gasteiger partial charge in [-0.25, -0.2) is 0 Å². The molecule has 8 heteroatoms. The number of hydrogen-bond donors (Lipinski definition) is 1. The van der Waals surface area contributed by atoms with Crippen LogP contribution in [-0.2, 0) is 6.18 Å². The predicted octanol–water partition coefficient (Wildman–Crippen LogP) is 4.38. The molecule has 0 aliphatic rings. The molecular formula is C11H9ClF3N3S. The van der Waals surface area contributed by atoms with Gasteiger partial charge < -0.3 is 5.32 Å². The van der Waals surface area contributed by atoms with E-state index in [0.717, 1.165) is 5.56 Å². The molecule has 1 aromatic carbocycles. The van der Waals surface area contributed by atoms with Crippen molar-refractivity contribution < 1.29 is 13.2 Å². The molecule has 3 nitrogen and oxygen atoms in total. The third-order valence-electron chi connectivity index (χ3n) is 2.38. The number of halogens is 4. The van der Waals surface area contributed by atoms with Gasteiger partial charge in [-0.3, -0.25) is 0 Å². The molecule has 1 atom stereocenters. The Morgan fingerprint density at radius 3 is 2.37 bits per heavy atom. The van der Waals surface area contributed by atoms with Crippen molar-refractivity contribution >= 4 is 28.1 Å². The Hall–Kier alpha value is -1.34. The lowest BCUT2D eigenvalue weighted by molar-refractivity contribution is -0.138. The first-order valence-electron chi connectivity index (χ1n) is 5.29. The summed E-state index contributed by atoms with van der Waals surface area (Å²) >= 11 is 6.25. The molecule has 1 aromatic heterocycles. The number of hydrogen-bond acceptors (Lipinski definition) is 4. The summed E-state index contributed by atoms with van der Waals surface area (Å²) in [5.41, 5.74) is 0.896. The first-order chi connectivity index (χ1) is 8.86. The van der Waals surface area contributed by atoms with Crippen molar-refractivity contribution in [1.29, 1.82) is 0 Å². The maximum absolute atomic E-state index is 12.4. The average Bonchev–Trinajstić information content (AvgIpc) is 2.78. The standard InChI is InChI=1S/C11H9ClF3N3S/c1-6(7-2-4-8(12)5-3-7)16-10-18-17-9(19-10)11(13,14)15/h2-6H,1H3,(H,16,18). The highest BCUT2D eigenvalue weighted by molar-refractivity contribution is 7.15. The Kier molecular flexibility index (Phi) is 3.96. The van der Waals surface area contributed by atoms with Crippen LogP contribution in [0, 0.1) is 0 Å². The molecule has 0 saturated heterocycles. The molecule has 2 rings (SSSR count). The Morgan fingerprint density at radius 1 is 1.21 bits per heavy atom. The highest BCUT2D eigenvalue weighted by Gasteiger charge is 2.35. The topological polar surface area (TPSA) is 37.8 Å². The molecule has 0 radical (unpaired) electrons. The van der Waals surface area contributed by atoms with Gasteiger partial charge in [0.2, 0.25) is 10.1 Å². The zero-order chi connectivity index (χ0) is 14.0. The third-order valence-corrected chi connectivity index (χ3v) is 3.53. The first-order valence-corrected chi connectivity index (χ1v) is 6.48. The summed E-state index contributed by atoms with van der Waals surface area (Å²) in [6.07, 6.45) is -4.46. The van der Waals surface area contributed by atoms with Crippen LogP contribution < -0.4 is 5.32 Å². The molecule has 0 spiro atoms. The van der Waals surface area contributed by atoms with Crippen LogP contribution in [0.3, 0.4) is 0 Å². The van der Waals surface area contributed by atoms with E-state index in [1.54, 1.807) is 24.3 Å². The maximum atomic E-state index is 12.4. The van der Waals surface area contributed by atoms with Gasteiger partial charge in [0.15, 0.2) is 0 Å².